The van der Waals surface area contributed by atoms with Gasteiger partial charge in [0.25, 0.3) is 0 Å². The van der Waals surface area contributed by atoms with Gasteiger partial charge in [0.15, 0.2) is 5.75 Å². The number of aliphatic hydroxyl groups excluding tert-OH is 2. The minimum absolute atomic E-state index is 0.00102. The Morgan fingerprint density at radius 3 is 2.24 bits per heavy atom. The first-order valence-corrected chi connectivity index (χ1v) is 9.47. The zero-order valence-corrected chi connectivity index (χ0v) is 15.7. The largest absolute Gasteiger partial charge is 0.534 e. The van der Waals surface area contributed by atoms with Crippen LogP contribution in [0.1, 0.15) is 35.9 Å². The third kappa shape index (κ3) is 3.26. The number of fused-ring (bicyclic) bond motifs is 3. The zero-order valence-electron chi connectivity index (χ0n) is 14.9. The zero-order chi connectivity index (χ0) is 21.9. The van der Waals surface area contributed by atoms with Gasteiger partial charge in [0.2, 0.25) is 0 Å². The Kier molecular flexibility index (Phi) is 4.72. The van der Waals surface area contributed by atoms with Gasteiger partial charge < -0.3 is 24.2 Å². The van der Waals surface area contributed by atoms with Crippen molar-refractivity contribution in [3.63, 3.8) is 0 Å². The first-order valence-electron chi connectivity index (χ1n) is 8.07. The van der Waals surface area contributed by atoms with Gasteiger partial charge in [-0.3, -0.25) is 0 Å². The number of benzene rings is 2. The Morgan fingerprint density at radius 2 is 1.72 bits per heavy atom. The molecule has 3 N–H and O–H groups in total. The number of rotatable bonds is 3. The molecule has 1 aliphatic rings. The van der Waals surface area contributed by atoms with Crippen LogP contribution in [-0.2, 0) is 10.1 Å². The summed E-state index contributed by atoms with van der Waals surface area (Å²) in [5.41, 5.74) is -8.86. The lowest BCUT2D eigenvalue weighted by Gasteiger charge is -2.41. The van der Waals surface area contributed by atoms with Crippen LogP contribution in [0.15, 0.2) is 24.3 Å². The van der Waals surface area contributed by atoms with Crippen LogP contribution < -0.4 is 8.92 Å². The van der Waals surface area contributed by atoms with Crippen LogP contribution in [0.5, 0.6) is 11.5 Å². The first-order chi connectivity index (χ1) is 13.2. The SMILES string of the molecule is CC1(C)Oc2c(c(C(=O)O)c(OS(=O)(=O)C(F)(F)F)c3ccccc23)[C@@H](O)[C@@H]1O. The molecule has 2 aromatic carbocycles. The summed E-state index contributed by atoms with van der Waals surface area (Å²) < 4.78 is 71.6. The van der Waals surface area contributed by atoms with Crippen molar-refractivity contribution in [2.75, 3.05) is 0 Å². The summed E-state index contributed by atoms with van der Waals surface area (Å²) in [6.45, 7) is 2.83. The topological polar surface area (TPSA) is 130 Å². The van der Waals surface area contributed by atoms with Crippen molar-refractivity contribution in [3.05, 3.63) is 35.4 Å². The summed E-state index contributed by atoms with van der Waals surface area (Å²) in [5, 5.41) is 30.1. The normalized spacial score (nSPS) is 21.3. The molecule has 0 saturated heterocycles. The quantitative estimate of drug-likeness (QED) is 0.494. The van der Waals surface area contributed by atoms with E-state index in [1.165, 1.54) is 32.0 Å². The average Bonchev–Trinajstić information content (AvgIpc) is 2.59. The Morgan fingerprint density at radius 1 is 1.17 bits per heavy atom. The van der Waals surface area contributed by atoms with E-state index in [0.29, 0.717) is 0 Å². The third-order valence-electron chi connectivity index (χ3n) is 4.52. The van der Waals surface area contributed by atoms with Crippen LogP contribution in [0, 0.1) is 0 Å². The summed E-state index contributed by atoms with van der Waals surface area (Å²) in [5.74, 6) is -3.23. The third-order valence-corrected chi connectivity index (χ3v) is 5.47. The molecule has 0 spiro atoms. The fourth-order valence-electron chi connectivity index (χ4n) is 3.10. The maximum Gasteiger partial charge on any atom is 0.534 e. The molecule has 29 heavy (non-hydrogen) atoms. The van der Waals surface area contributed by atoms with Crippen molar-refractivity contribution in [1.82, 2.24) is 0 Å². The molecule has 1 heterocycles. The molecule has 158 valence electrons. The summed E-state index contributed by atoms with van der Waals surface area (Å²) in [7, 11) is -6.23. The highest BCUT2D eigenvalue weighted by atomic mass is 32.2. The van der Waals surface area contributed by atoms with Gasteiger partial charge in [0.05, 0.1) is 0 Å². The maximum absolute atomic E-state index is 12.9. The Balaban J connectivity index is 2.46. The molecule has 0 aromatic heterocycles. The second-order valence-corrected chi connectivity index (χ2v) is 8.41. The predicted octanol–water partition coefficient (Wildman–Crippen LogP) is 2.33. The highest BCUT2D eigenvalue weighted by molar-refractivity contribution is 7.88. The second-order valence-electron chi connectivity index (χ2n) is 6.88. The molecule has 0 fully saturated rings. The molecule has 0 radical (unpaired) electrons. The number of halogens is 3. The lowest BCUT2D eigenvalue weighted by molar-refractivity contribution is -0.111. The maximum atomic E-state index is 12.9. The highest BCUT2D eigenvalue weighted by Crippen LogP contribution is 2.50. The number of hydrogen-bond donors (Lipinski definition) is 3. The number of aliphatic hydroxyl groups is 2. The smallest absolute Gasteiger partial charge is 0.484 e. The van der Waals surface area contributed by atoms with Crippen LogP contribution in [0.4, 0.5) is 13.2 Å². The fraction of sp³-hybridized carbons (Fsp3) is 0.353. The van der Waals surface area contributed by atoms with Gasteiger partial charge >= 0.3 is 21.6 Å². The number of carboxylic acid groups (broad SMARTS) is 1. The standard InChI is InChI=1S/C17H15F3O8S/c1-16(2)14(22)11(21)9-10(15(23)24)13(28-29(25,26)17(18,19)20)8-6-4-3-5-7(8)12(9)27-16/h3-6,11,14,21-22H,1-2H3,(H,23,24)/t11-,14+/m1/s1. The highest BCUT2D eigenvalue weighted by Gasteiger charge is 2.51. The second kappa shape index (κ2) is 6.47. The summed E-state index contributed by atoms with van der Waals surface area (Å²) in [6, 6.07) is 5.25. The fourth-order valence-corrected chi connectivity index (χ4v) is 3.59. The number of hydrogen-bond acceptors (Lipinski definition) is 7. The van der Waals surface area contributed by atoms with Crippen LogP contribution in [-0.4, -0.2) is 46.9 Å². The lowest BCUT2D eigenvalue weighted by atomic mass is 9.84. The number of ether oxygens (including phenoxy) is 1. The van der Waals surface area contributed by atoms with Gasteiger partial charge in [-0.15, -0.1) is 0 Å². The van der Waals surface area contributed by atoms with Crippen LogP contribution in [0.3, 0.4) is 0 Å². The van der Waals surface area contributed by atoms with E-state index in [0.717, 1.165) is 6.07 Å². The van der Waals surface area contributed by atoms with Gasteiger partial charge in [-0.25, -0.2) is 4.79 Å². The number of carboxylic acids is 1. The van der Waals surface area contributed by atoms with Crippen molar-refractivity contribution in [2.24, 2.45) is 0 Å². The molecule has 3 rings (SSSR count). The van der Waals surface area contributed by atoms with E-state index in [1.54, 1.807) is 0 Å². The van der Waals surface area contributed by atoms with Crippen molar-refractivity contribution in [1.29, 1.82) is 0 Å². The monoisotopic (exact) mass is 436 g/mol. The van der Waals surface area contributed by atoms with Gasteiger partial charge in [0.1, 0.15) is 29.1 Å². The average molecular weight is 436 g/mol. The molecule has 2 atom stereocenters. The Bertz CT molecular complexity index is 1110. The molecule has 12 heteroatoms. The van der Waals surface area contributed by atoms with Gasteiger partial charge in [-0.2, -0.15) is 21.6 Å². The summed E-state index contributed by atoms with van der Waals surface area (Å²) in [6.07, 6.45) is -3.57. The van der Waals surface area contributed by atoms with Crippen LogP contribution in [0.2, 0.25) is 0 Å². The van der Waals surface area contributed by atoms with E-state index in [1.807, 2.05) is 0 Å². The van der Waals surface area contributed by atoms with Crippen molar-refractivity contribution in [2.45, 2.75) is 37.2 Å². The van der Waals surface area contributed by atoms with Gasteiger partial charge in [-0.1, -0.05) is 24.3 Å². The Hall–Kier alpha value is -2.57. The molecule has 1 aliphatic heterocycles. The van der Waals surface area contributed by atoms with E-state index in [4.69, 9.17) is 4.74 Å². The predicted molar refractivity (Wildman–Crippen MR) is 92.2 cm³/mol. The number of aromatic carboxylic acids is 1. The molecule has 0 saturated carbocycles. The molecule has 8 nitrogen and oxygen atoms in total. The molecule has 0 bridgehead atoms. The number of carbonyl (C=O) groups is 1. The first kappa shape index (κ1) is 21.1. The lowest BCUT2D eigenvalue weighted by Crippen LogP contribution is -2.49. The Labute approximate surface area is 162 Å². The molecule has 0 amide bonds. The molecular formula is C17H15F3O8S. The van der Waals surface area contributed by atoms with Gasteiger partial charge in [-0.05, 0) is 13.8 Å². The molecular weight excluding hydrogens is 421 g/mol. The van der Waals surface area contributed by atoms with Crippen LogP contribution >= 0.6 is 0 Å². The minimum Gasteiger partial charge on any atom is -0.484 e. The van der Waals surface area contributed by atoms with Crippen molar-refractivity contribution in [3.8, 4) is 11.5 Å². The van der Waals surface area contributed by atoms with E-state index in [9.17, 15) is 41.7 Å². The summed E-state index contributed by atoms with van der Waals surface area (Å²) >= 11 is 0. The summed E-state index contributed by atoms with van der Waals surface area (Å²) in [4.78, 5) is 11.9. The van der Waals surface area contributed by atoms with Gasteiger partial charge in [0, 0.05) is 16.3 Å². The number of alkyl halides is 3. The van der Waals surface area contributed by atoms with E-state index in [-0.39, 0.29) is 16.5 Å². The minimum atomic E-state index is -6.23. The van der Waals surface area contributed by atoms with Crippen LogP contribution in [0.25, 0.3) is 10.8 Å². The van der Waals surface area contributed by atoms with Crippen molar-refractivity contribution < 1.29 is 50.6 Å². The van der Waals surface area contributed by atoms with Crippen molar-refractivity contribution >= 4 is 26.9 Å². The van der Waals surface area contributed by atoms with E-state index in [2.05, 4.69) is 4.18 Å². The molecule has 2 aromatic rings. The molecule has 0 aliphatic carbocycles. The molecule has 0 unspecified atom stereocenters. The van der Waals surface area contributed by atoms with E-state index < -0.39 is 56.3 Å². The van der Waals surface area contributed by atoms with E-state index >= 15 is 0 Å².